The summed E-state index contributed by atoms with van der Waals surface area (Å²) in [5, 5.41) is 7.41. The van der Waals surface area contributed by atoms with E-state index in [-0.39, 0.29) is 11.8 Å². The monoisotopic (exact) mass is 418 g/mol. The van der Waals surface area contributed by atoms with Crippen molar-refractivity contribution in [2.24, 2.45) is 0 Å². The van der Waals surface area contributed by atoms with Crippen molar-refractivity contribution < 1.29 is 23.5 Å². The van der Waals surface area contributed by atoms with E-state index in [1.165, 1.54) is 6.92 Å². The summed E-state index contributed by atoms with van der Waals surface area (Å²) >= 11 is 0. The molecule has 3 aromatic carbocycles. The van der Waals surface area contributed by atoms with Crippen molar-refractivity contribution in [2.75, 3.05) is 17.7 Å². The van der Waals surface area contributed by atoms with Gasteiger partial charge >= 0.3 is 0 Å². The highest BCUT2D eigenvalue weighted by Crippen LogP contribution is 2.36. The molecular weight excluding hydrogens is 396 g/mol. The van der Waals surface area contributed by atoms with Crippen LogP contribution in [0.25, 0.3) is 21.9 Å². The molecule has 31 heavy (non-hydrogen) atoms. The lowest BCUT2D eigenvalue weighted by Gasteiger charge is -2.16. The number of amides is 2. The molecule has 7 heteroatoms. The molecule has 4 aromatic rings. The van der Waals surface area contributed by atoms with Crippen molar-refractivity contribution in [3.05, 3.63) is 60.7 Å². The number of nitrogens with one attached hydrogen (secondary N) is 2. The molecule has 7 nitrogen and oxygen atoms in total. The molecule has 0 fully saturated rings. The summed E-state index contributed by atoms with van der Waals surface area (Å²) in [6, 6.07) is 18.2. The van der Waals surface area contributed by atoms with Crippen LogP contribution in [0.2, 0.25) is 0 Å². The van der Waals surface area contributed by atoms with Crippen molar-refractivity contribution in [3.8, 4) is 11.5 Å². The first-order valence-corrected chi connectivity index (χ1v) is 9.79. The molecule has 0 radical (unpaired) electrons. The summed E-state index contributed by atoms with van der Waals surface area (Å²) in [5.74, 6) is 0.454. The van der Waals surface area contributed by atoms with Crippen LogP contribution in [0.1, 0.15) is 13.8 Å². The number of rotatable bonds is 6. The molecule has 1 heterocycles. The molecule has 0 saturated heterocycles. The minimum atomic E-state index is -0.788. The first-order valence-electron chi connectivity index (χ1n) is 9.79. The molecule has 1 aromatic heterocycles. The van der Waals surface area contributed by atoms with Crippen LogP contribution in [0.5, 0.6) is 11.5 Å². The molecule has 1 atom stereocenters. The van der Waals surface area contributed by atoms with Crippen molar-refractivity contribution in [3.63, 3.8) is 0 Å². The van der Waals surface area contributed by atoms with E-state index < -0.39 is 6.10 Å². The molecule has 0 aliphatic carbocycles. The summed E-state index contributed by atoms with van der Waals surface area (Å²) in [6.45, 7) is 3.07. The molecule has 0 spiro atoms. The number of furan rings is 1. The van der Waals surface area contributed by atoms with E-state index >= 15 is 0 Å². The number of para-hydroxylation sites is 1. The molecular formula is C24H22N2O5. The van der Waals surface area contributed by atoms with Crippen LogP contribution in [0.3, 0.4) is 0 Å². The van der Waals surface area contributed by atoms with Gasteiger partial charge in [0.25, 0.3) is 5.91 Å². The Morgan fingerprint density at radius 2 is 1.74 bits per heavy atom. The first kappa shape index (κ1) is 20.3. The molecule has 0 bridgehead atoms. The van der Waals surface area contributed by atoms with E-state index in [0.29, 0.717) is 28.5 Å². The van der Waals surface area contributed by atoms with Gasteiger partial charge in [-0.05, 0) is 31.2 Å². The third kappa shape index (κ3) is 4.30. The lowest BCUT2D eigenvalue weighted by Crippen LogP contribution is -2.30. The highest BCUT2D eigenvalue weighted by atomic mass is 16.5. The number of hydrogen-bond acceptors (Lipinski definition) is 5. The fraction of sp³-hybridized carbons (Fsp3) is 0.167. The number of carbonyl (C=O) groups excluding carboxylic acids is 2. The molecule has 158 valence electrons. The second-order valence-electron chi connectivity index (χ2n) is 7.11. The van der Waals surface area contributed by atoms with E-state index in [2.05, 4.69) is 10.6 Å². The van der Waals surface area contributed by atoms with Gasteiger partial charge in [0.05, 0.1) is 12.8 Å². The van der Waals surface area contributed by atoms with Crippen LogP contribution < -0.4 is 20.1 Å². The van der Waals surface area contributed by atoms with Crippen molar-refractivity contribution in [1.29, 1.82) is 0 Å². The Bertz CT molecular complexity index is 1280. The van der Waals surface area contributed by atoms with Gasteiger partial charge in [-0.25, -0.2) is 0 Å². The summed E-state index contributed by atoms with van der Waals surface area (Å²) < 4.78 is 17.1. The highest BCUT2D eigenvalue weighted by Gasteiger charge is 2.19. The Labute approximate surface area is 178 Å². The fourth-order valence-corrected chi connectivity index (χ4v) is 3.36. The Balaban J connectivity index is 1.54. The summed E-state index contributed by atoms with van der Waals surface area (Å²) in [6.07, 6.45) is -0.788. The van der Waals surface area contributed by atoms with E-state index in [1.807, 2.05) is 30.3 Å². The summed E-state index contributed by atoms with van der Waals surface area (Å²) in [5.41, 5.74) is 2.49. The lowest BCUT2D eigenvalue weighted by atomic mass is 10.1. The van der Waals surface area contributed by atoms with Crippen molar-refractivity contribution in [1.82, 2.24) is 0 Å². The lowest BCUT2D eigenvalue weighted by molar-refractivity contribution is -0.122. The smallest absolute Gasteiger partial charge is 0.265 e. The maximum absolute atomic E-state index is 12.8. The highest BCUT2D eigenvalue weighted by molar-refractivity contribution is 6.08. The predicted octanol–water partition coefficient (Wildman–Crippen LogP) is 4.96. The van der Waals surface area contributed by atoms with Crippen LogP contribution in [0.4, 0.5) is 11.4 Å². The average molecular weight is 418 g/mol. The average Bonchev–Trinajstić information content (AvgIpc) is 3.10. The molecule has 2 N–H and O–H groups in total. The number of anilines is 2. The fourth-order valence-electron chi connectivity index (χ4n) is 3.36. The van der Waals surface area contributed by atoms with Gasteiger partial charge in [0, 0.05) is 35.5 Å². The van der Waals surface area contributed by atoms with Gasteiger partial charge in [-0.1, -0.05) is 24.3 Å². The molecule has 0 saturated carbocycles. The van der Waals surface area contributed by atoms with E-state index in [1.54, 1.807) is 44.4 Å². The van der Waals surface area contributed by atoms with Crippen molar-refractivity contribution in [2.45, 2.75) is 20.0 Å². The zero-order valence-electron chi connectivity index (χ0n) is 17.4. The molecule has 0 unspecified atom stereocenters. The number of hydrogen-bond donors (Lipinski definition) is 2. The molecule has 4 rings (SSSR count). The van der Waals surface area contributed by atoms with Crippen LogP contribution in [-0.2, 0) is 9.59 Å². The minimum Gasteiger partial charge on any atom is -0.495 e. The van der Waals surface area contributed by atoms with Gasteiger partial charge in [-0.2, -0.15) is 0 Å². The quantitative estimate of drug-likeness (QED) is 0.462. The maximum Gasteiger partial charge on any atom is 0.265 e. The Kier molecular flexibility index (Phi) is 5.49. The standard InChI is InChI=1S/C24H22N2O5/c1-14(30-17-8-6-7-16(11-17)25-15(2)27)24(28)26-20-13-22-19(12-23(20)29-3)18-9-4-5-10-21(18)31-22/h4-14H,1-3H3,(H,25,27)(H,26,28)/t14-/m1/s1. The predicted molar refractivity (Wildman–Crippen MR) is 120 cm³/mol. The minimum absolute atomic E-state index is 0.184. The molecule has 2 amide bonds. The van der Waals surface area contributed by atoms with Crippen LogP contribution in [0.15, 0.2) is 65.1 Å². The number of fused-ring (bicyclic) bond motifs is 3. The van der Waals surface area contributed by atoms with Crippen LogP contribution in [-0.4, -0.2) is 25.0 Å². The van der Waals surface area contributed by atoms with Gasteiger partial charge in [0.1, 0.15) is 22.7 Å². The normalized spacial score (nSPS) is 11.8. The summed E-state index contributed by atoms with van der Waals surface area (Å²) in [7, 11) is 1.55. The van der Waals surface area contributed by atoms with Crippen LogP contribution in [0, 0.1) is 0 Å². The Morgan fingerprint density at radius 3 is 2.52 bits per heavy atom. The maximum atomic E-state index is 12.8. The third-order valence-electron chi connectivity index (χ3n) is 4.79. The topological polar surface area (TPSA) is 89.8 Å². The van der Waals surface area contributed by atoms with E-state index in [9.17, 15) is 9.59 Å². The van der Waals surface area contributed by atoms with Gasteiger partial charge in [0.2, 0.25) is 5.91 Å². The number of methoxy groups -OCH3 is 1. The zero-order valence-corrected chi connectivity index (χ0v) is 17.4. The second kappa shape index (κ2) is 8.39. The van der Waals surface area contributed by atoms with E-state index in [0.717, 1.165) is 16.4 Å². The van der Waals surface area contributed by atoms with Gasteiger partial charge in [0.15, 0.2) is 6.10 Å². The first-order chi connectivity index (χ1) is 14.9. The van der Waals surface area contributed by atoms with Gasteiger partial charge < -0.3 is 24.5 Å². The zero-order chi connectivity index (χ0) is 22.0. The summed E-state index contributed by atoms with van der Waals surface area (Å²) in [4.78, 5) is 24.0. The Hall–Kier alpha value is -4.00. The van der Waals surface area contributed by atoms with Gasteiger partial charge in [-0.3, -0.25) is 9.59 Å². The van der Waals surface area contributed by atoms with E-state index in [4.69, 9.17) is 13.9 Å². The van der Waals surface area contributed by atoms with Crippen molar-refractivity contribution >= 4 is 45.1 Å². The largest absolute Gasteiger partial charge is 0.495 e. The van der Waals surface area contributed by atoms with Crippen LogP contribution >= 0.6 is 0 Å². The number of benzene rings is 3. The molecule has 0 aliphatic rings. The van der Waals surface area contributed by atoms with Gasteiger partial charge in [-0.15, -0.1) is 0 Å². The molecule has 0 aliphatic heterocycles. The number of carbonyl (C=O) groups is 2. The Morgan fingerprint density at radius 1 is 0.935 bits per heavy atom. The SMILES string of the molecule is COc1cc2c(cc1NC(=O)[C@@H](C)Oc1cccc(NC(C)=O)c1)oc1ccccc12. The second-order valence-corrected chi connectivity index (χ2v) is 7.11. The number of ether oxygens (including phenoxy) is 2. The third-order valence-corrected chi connectivity index (χ3v) is 4.79.